The lowest BCUT2D eigenvalue weighted by atomic mass is 9.65. The van der Waals surface area contributed by atoms with Gasteiger partial charge in [0.05, 0.1) is 5.56 Å². The number of allylic oxidation sites excluding steroid dienone is 2. The van der Waals surface area contributed by atoms with Crippen molar-refractivity contribution in [3.05, 3.63) is 70.6 Å². The van der Waals surface area contributed by atoms with Gasteiger partial charge in [-0.15, -0.1) is 0 Å². The number of halogens is 5. The first-order valence-corrected chi connectivity index (χ1v) is 10.7. The van der Waals surface area contributed by atoms with E-state index in [4.69, 9.17) is 0 Å². The molecule has 1 saturated carbocycles. The van der Waals surface area contributed by atoms with E-state index >= 15 is 4.39 Å². The number of benzene rings is 2. The summed E-state index contributed by atoms with van der Waals surface area (Å²) in [6.07, 6.45) is 10.9. The maximum Gasteiger partial charge on any atom is 0.194 e. The van der Waals surface area contributed by atoms with Crippen molar-refractivity contribution < 1.29 is 22.0 Å². The van der Waals surface area contributed by atoms with Crippen LogP contribution in [0.1, 0.15) is 62.5 Å². The first kappa shape index (κ1) is 21.1. The minimum atomic E-state index is -1.65. The summed E-state index contributed by atoms with van der Waals surface area (Å²) >= 11 is 0. The molecule has 2 aromatic rings. The molecule has 5 heteroatoms. The molecule has 30 heavy (non-hydrogen) atoms. The molecule has 0 radical (unpaired) electrons. The van der Waals surface area contributed by atoms with E-state index in [0.717, 1.165) is 38.5 Å². The van der Waals surface area contributed by atoms with E-state index in [2.05, 4.69) is 19.1 Å². The van der Waals surface area contributed by atoms with Crippen LogP contribution in [-0.4, -0.2) is 0 Å². The Hall–Kier alpha value is -2.17. The van der Waals surface area contributed by atoms with E-state index < -0.39 is 34.6 Å². The van der Waals surface area contributed by atoms with Crippen LogP contribution < -0.4 is 0 Å². The third-order valence-electron chi connectivity index (χ3n) is 6.68. The lowest BCUT2D eigenvalue weighted by molar-refractivity contribution is 0.234. The molecule has 2 aliphatic rings. The summed E-state index contributed by atoms with van der Waals surface area (Å²) in [7, 11) is 0. The minimum Gasteiger partial charge on any atom is -0.206 e. The summed E-state index contributed by atoms with van der Waals surface area (Å²) in [6, 6.07) is 2.62. The zero-order valence-corrected chi connectivity index (χ0v) is 17.0. The molecule has 0 aromatic heterocycles. The summed E-state index contributed by atoms with van der Waals surface area (Å²) in [5.41, 5.74) is 0.305. The van der Waals surface area contributed by atoms with E-state index in [0.29, 0.717) is 41.5 Å². The van der Waals surface area contributed by atoms with Gasteiger partial charge >= 0.3 is 0 Å². The zero-order chi connectivity index (χ0) is 21.4. The largest absolute Gasteiger partial charge is 0.206 e. The Morgan fingerprint density at radius 2 is 1.63 bits per heavy atom. The Balaban J connectivity index is 1.66. The van der Waals surface area contributed by atoms with Gasteiger partial charge in [-0.2, -0.15) is 0 Å². The third kappa shape index (κ3) is 3.79. The van der Waals surface area contributed by atoms with Crippen LogP contribution in [0.4, 0.5) is 22.0 Å². The molecule has 3 unspecified atom stereocenters. The molecule has 2 aromatic carbocycles. The molecule has 1 fully saturated rings. The maximum atomic E-state index is 15.3. The van der Waals surface area contributed by atoms with Crippen molar-refractivity contribution in [2.45, 2.75) is 57.8 Å². The predicted molar refractivity (Wildman–Crippen MR) is 108 cm³/mol. The van der Waals surface area contributed by atoms with Gasteiger partial charge in [0.2, 0.25) is 0 Å². The van der Waals surface area contributed by atoms with Crippen molar-refractivity contribution in [1.82, 2.24) is 0 Å². The normalized spacial score (nSPS) is 23.5. The lowest BCUT2D eigenvalue weighted by Gasteiger charge is -2.40. The topological polar surface area (TPSA) is 0 Å². The first-order chi connectivity index (χ1) is 14.4. The first-order valence-electron chi connectivity index (χ1n) is 10.7. The Kier molecular flexibility index (Phi) is 5.99. The second kappa shape index (κ2) is 8.52. The Labute approximate surface area is 173 Å². The van der Waals surface area contributed by atoms with Crippen LogP contribution in [0.3, 0.4) is 0 Å². The van der Waals surface area contributed by atoms with E-state index in [1.54, 1.807) is 0 Å². The van der Waals surface area contributed by atoms with Crippen molar-refractivity contribution >= 4 is 0 Å². The van der Waals surface area contributed by atoms with Crippen LogP contribution in [0.2, 0.25) is 0 Å². The van der Waals surface area contributed by atoms with Gasteiger partial charge in [-0.05, 0) is 91.2 Å². The standard InChI is InChI=1S/C25H25F5/c1-2-3-4-5-14-6-8-17-15(10-14)7-9-18-19(17)13-20(26)23(24(18)29)16-11-21(27)25(30)22(28)12-16/h4-5,11-15,17H,2-3,6-10H2,1H3/b5-4+. The van der Waals surface area contributed by atoms with Crippen molar-refractivity contribution in [3.63, 3.8) is 0 Å². The highest BCUT2D eigenvalue weighted by molar-refractivity contribution is 5.67. The van der Waals surface area contributed by atoms with Gasteiger partial charge in [-0.1, -0.05) is 25.5 Å². The molecule has 0 heterocycles. The van der Waals surface area contributed by atoms with E-state index in [1.807, 2.05) is 0 Å². The molecule has 0 saturated heterocycles. The van der Waals surface area contributed by atoms with Gasteiger partial charge in [-0.3, -0.25) is 0 Å². The van der Waals surface area contributed by atoms with Crippen LogP contribution >= 0.6 is 0 Å². The molecule has 3 atom stereocenters. The molecule has 0 N–H and O–H groups in total. The number of hydrogen-bond donors (Lipinski definition) is 0. The lowest BCUT2D eigenvalue weighted by Crippen LogP contribution is -2.28. The molecule has 0 amide bonds. The number of hydrogen-bond acceptors (Lipinski definition) is 0. The molecule has 0 nitrogen and oxygen atoms in total. The Morgan fingerprint density at radius 3 is 2.33 bits per heavy atom. The summed E-state index contributed by atoms with van der Waals surface area (Å²) in [4.78, 5) is 0. The van der Waals surface area contributed by atoms with Crippen molar-refractivity contribution in [2.24, 2.45) is 11.8 Å². The van der Waals surface area contributed by atoms with Crippen LogP contribution in [0.5, 0.6) is 0 Å². The van der Waals surface area contributed by atoms with Gasteiger partial charge < -0.3 is 0 Å². The summed E-state index contributed by atoms with van der Waals surface area (Å²) in [5, 5.41) is 0. The average molecular weight is 420 g/mol. The van der Waals surface area contributed by atoms with Crippen LogP contribution in [0.25, 0.3) is 11.1 Å². The Bertz CT molecular complexity index is 955. The van der Waals surface area contributed by atoms with Gasteiger partial charge in [0.15, 0.2) is 17.5 Å². The minimum absolute atomic E-state index is 0.101. The third-order valence-corrected chi connectivity index (χ3v) is 6.68. The predicted octanol–water partition coefficient (Wildman–Crippen LogP) is 7.85. The fourth-order valence-electron chi connectivity index (χ4n) is 5.22. The second-order valence-corrected chi connectivity index (χ2v) is 8.56. The van der Waals surface area contributed by atoms with Crippen molar-refractivity contribution in [1.29, 1.82) is 0 Å². The molecule has 0 bridgehead atoms. The maximum absolute atomic E-state index is 15.3. The van der Waals surface area contributed by atoms with E-state index in [9.17, 15) is 17.6 Å². The number of unbranched alkanes of at least 4 members (excludes halogenated alkanes) is 1. The highest BCUT2D eigenvalue weighted by Gasteiger charge is 2.37. The molecule has 0 aliphatic heterocycles. The van der Waals surface area contributed by atoms with Crippen LogP contribution in [-0.2, 0) is 6.42 Å². The van der Waals surface area contributed by atoms with Crippen LogP contribution in [0, 0.1) is 40.9 Å². The monoisotopic (exact) mass is 420 g/mol. The molecule has 4 rings (SSSR count). The number of rotatable bonds is 4. The highest BCUT2D eigenvalue weighted by Crippen LogP contribution is 2.49. The molecule has 0 spiro atoms. The van der Waals surface area contributed by atoms with Crippen LogP contribution in [0.15, 0.2) is 30.4 Å². The van der Waals surface area contributed by atoms with Gasteiger partial charge in [0, 0.05) is 0 Å². The quantitative estimate of drug-likeness (QED) is 0.268. The average Bonchev–Trinajstić information content (AvgIpc) is 2.72. The Morgan fingerprint density at radius 1 is 0.900 bits per heavy atom. The highest BCUT2D eigenvalue weighted by atomic mass is 19.2. The number of fused-ring (bicyclic) bond motifs is 3. The SMILES string of the molecule is CCC/C=C/C1CCC2c3cc(F)c(-c4cc(F)c(F)c(F)c4)c(F)c3CCC2C1. The van der Waals surface area contributed by atoms with Crippen molar-refractivity contribution in [2.75, 3.05) is 0 Å². The van der Waals surface area contributed by atoms with Gasteiger partial charge in [0.25, 0.3) is 0 Å². The van der Waals surface area contributed by atoms with E-state index in [1.165, 1.54) is 6.07 Å². The fraction of sp³-hybridized carbons (Fsp3) is 0.440. The summed E-state index contributed by atoms with van der Waals surface area (Å²) < 4.78 is 70.8. The summed E-state index contributed by atoms with van der Waals surface area (Å²) in [6.45, 7) is 2.14. The van der Waals surface area contributed by atoms with Gasteiger partial charge in [0.1, 0.15) is 11.6 Å². The molecule has 2 aliphatic carbocycles. The van der Waals surface area contributed by atoms with Gasteiger partial charge in [-0.25, -0.2) is 22.0 Å². The molecular formula is C25H25F5. The molecular weight excluding hydrogens is 395 g/mol. The smallest absolute Gasteiger partial charge is 0.194 e. The second-order valence-electron chi connectivity index (χ2n) is 8.56. The fourth-order valence-corrected chi connectivity index (χ4v) is 5.22. The summed E-state index contributed by atoms with van der Waals surface area (Å²) in [5.74, 6) is -5.21. The van der Waals surface area contributed by atoms with E-state index in [-0.39, 0.29) is 11.5 Å². The molecule has 160 valence electrons. The van der Waals surface area contributed by atoms with Crippen molar-refractivity contribution in [3.8, 4) is 11.1 Å². The zero-order valence-electron chi connectivity index (χ0n) is 17.0.